The highest BCUT2D eigenvalue weighted by molar-refractivity contribution is 7.91. The first-order chi connectivity index (χ1) is 7.59. The summed E-state index contributed by atoms with van der Waals surface area (Å²) < 4.78 is 22.6. The van der Waals surface area contributed by atoms with E-state index in [1.54, 1.807) is 13.1 Å². The molecule has 0 amide bonds. The van der Waals surface area contributed by atoms with Crippen molar-refractivity contribution in [3.05, 3.63) is 11.9 Å². The highest BCUT2D eigenvalue weighted by Crippen LogP contribution is 2.14. The zero-order chi connectivity index (χ0) is 12.0. The Kier molecular flexibility index (Phi) is 4.88. The fraction of sp³-hybridized carbons (Fsp3) is 0.778. The quantitative estimate of drug-likeness (QED) is 0.721. The van der Waals surface area contributed by atoms with Crippen molar-refractivity contribution in [1.82, 2.24) is 20.7 Å². The van der Waals surface area contributed by atoms with Gasteiger partial charge in [0.25, 0.3) is 0 Å². The van der Waals surface area contributed by atoms with Crippen molar-refractivity contribution in [2.45, 2.75) is 25.8 Å². The number of aromatic nitrogens is 3. The number of hydrogen-bond acceptors (Lipinski definition) is 5. The molecular formula is C9H18N4O2S. The minimum atomic E-state index is -2.86. The summed E-state index contributed by atoms with van der Waals surface area (Å²) in [5, 5.41) is 13.3. The van der Waals surface area contributed by atoms with Gasteiger partial charge in [-0.3, -0.25) is 0 Å². The summed E-state index contributed by atoms with van der Waals surface area (Å²) in [5.41, 5.74) is 0.816. The standard InChI is InChI=1S/C9H18N4O2S/c1-3-16(14,15)6-4-5-8(10-2)9-7-11-13-12-9/h7-8,10H,3-6H2,1-2H3,(H,11,12,13). The van der Waals surface area contributed by atoms with Crippen LogP contribution < -0.4 is 5.32 Å². The number of rotatable bonds is 7. The Labute approximate surface area is 95.7 Å². The van der Waals surface area contributed by atoms with Gasteiger partial charge >= 0.3 is 0 Å². The molecule has 1 unspecified atom stereocenters. The van der Waals surface area contributed by atoms with Crippen molar-refractivity contribution < 1.29 is 8.42 Å². The smallest absolute Gasteiger partial charge is 0.150 e. The molecular weight excluding hydrogens is 228 g/mol. The van der Waals surface area contributed by atoms with Gasteiger partial charge in [-0.25, -0.2) is 8.42 Å². The molecule has 1 heterocycles. The van der Waals surface area contributed by atoms with Crippen LogP contribution in [0.15, 0.2) is 6.20 Å². The predicted octanol–water partition coefficient (Wildman–Crippen LogP) is 0.280. The summed E-state index contributed by atoms with van der Waals surface area (Å²) in [4.78, 5) is 0. The summed E-state index contributed by atoms with van der Waals surface area (Å²) in [6.07, 6.45) is 3.02. The number of nitrogens with zero attached hydrogens (tertiary/aromatic N) is 2. The first-order valence-corrected chi connectivity index (χ1v) is 7.14. The molecule has 0 aliphatic rings. The number of nitrogens with one attached hydrogen (secondary N) is 2. The zero-order valence-corrected chi connectivity index (χ0v) is 10.4. The van der Waals surface area contributed by atoms with E-state index in [4.69, 9.17) is 0 Å². The van der Waals surface area contributed by atoms with E-state index in [0.29, 0.717) is 6.42 Å². The Bertz CT molecular complexity index is 388. The van der Waals surface area contributed by atoms with Gasteiger partial charge in [0.15, 0.2) is 0 Å². The third-order valence-electron chi connectivity index (χ3n) is 2.53. The van der Waals surface area contributed by atoms with Crippen molar-refractivity contribution in [3.8, 4) is 0 Å². The SMILES string of the molecule is CCS(=O)(=O)CCCC(NC)c1cn[nH]n1. The topological polar surface area (TPSA) is 87.7 Å². The van der Waals surface area contributed by atoms with E-state index >= 15 is 0 Å². The summed E-state index contributed by atoms with van der Waals surface area (Å²) in [6.45, 7) is 1.67. The minimum Gasteiger partial charge on any atom is -0.312 e. The van der Waals surface area contributed by atoms with Gasteiger partial charge in [-0.2, -0.15) is 15.4 Å². The van der Waals surface area contributed by atoms with Crippen molar-refractivity contribution in [2.24, 2.45) is 0 Å². The minimum absolute atomic E-state index is 0.0609. The number of hydrogen-bond donors (Lipinski definition) is 2. The van der Waals surface area contributed by atoms with Crippen LogP contribution in [0.5, 0.6) is 0 Å². The molecule has 0 aromatic carbocycles. The second-order valence-electron chi connectivity index (χ2n) is 3.61. The Morgan fingerprint density at radius 1 is 1.56 bits per heavy atom. The van der Waals surface area contributed by atoms with Gasteiger partial charge in [0.1, 0.15) is 9.84 Å². The second kappa shape index (κ2) is 5.95. The number of sulfone groups is 1. The van der Waals surface area contributed by atoms with Gasteiger partial charge in [-0.1, -0.05) is 6.92 Å². The molecule has 1 atom stereocenters. The average Bonchev–Trinajstić information content (AvgIpc) is 2.78. The van der Waals surface area contributed by atoms with Gasteiger partial charge in [0.2, 0.25) is 0 Å². The largest absolute Gasteiger partial charge is 0.312 e. The maximum Gasteiger partial charge on any atom is 0.150 e. The van der Waals surface area contributed by atoms with E-state index in [0.717, 1.165) is 12.1 Å². The summed E-state index contributed by atoms with van der Waals surface area (Å²) in [5.74, 6) is 0.445. The zero-order valence-electron chi connectivity index (χ0n) is 9.60. The maximum atomic E-state index is 11.3. The van der Waals surface area contributed by atoms with E-state index in [-0.39, 0.29) is 17.5 Å². The molecule has 7 heteroatoms. The molecule has 0 bridgehead atoms. The van der Waals surface area contributed by atoms with Crippen LogP contribution in [0.3, 0.4) is 0 Å². The van der Waals surface area contributed by atoms with E-state index in [2.05, 4.69) is 20.7 Å². The van der Waals surface area contributed by atoms with Crippen LogP contribution >= 0.6 is 0 Å². The van der Waals surface area contributed by atoms with Crippen molar-refractivity contribution in [3.63, 3.8) is 0 Å². The normalized spacial score (nSPS) is 13.9. The van der Waals surface area contributed by atoms with Crippen LogP contribution in [0.25, 0.3) is 0 Å². The lowest BCUT2D eigenvalue weighted by Crippen LogP contribution is -2.18. The molecule has 6 nitrogen and oxygen atoms in total. The maximum absolute atomic E-state index is 11.3. The van der Waals surface area contributed by atoms with Gasteiger partial charge in [0.05, 0.1) is 23.7 Å². The molecule has 0 aliphatic carbocycles. The van der Waals surface area contributed by atoms with E-state index in [1.807, 2.05) is 7.05 Å². The van der Waals surface area contributed by atoms with Crippen molar-refractivity contribution in [1.29, 1.82) is 0 Å². The van der Waals surface area contributed by atoms with Gasteiger partial charge < -0.3 is 5.32 Å². The molecule has 1 aromatic rings. The van der Waals surface area contributed by atoms with Crippen LogP contribution in [-0.4, -0.2) is 42.4 Å². The fourth-order valence-corrected chi connectivity index (χ4v) is 2.37. The first kappa shape index (κ1) is 13.1. The van der Waals surface area contributed by atoms with Gasteiger partial charge in [-0.05, 0) is 19.9 Å². The second-order valence-corrected chi connectivity index (χ2v) is 6.09. The van der Waals surface area contributed by atoms with Crippen LogP contribution in [0.2, 0.25) is 0 Å². The van der Waals surface area contributed by atoms with E-state index in [9.17, 15) is 8.42 Å². The Balaban J connectivity index is 2.42. The Morgan fingerprint density at radius 2 is 2.31 bits per heavy atom. The fourth-order valence-electron chi connectivity index (χ4n) is 1.47. The molecule has 1 rings (SSSR count). The predicted molar refractivity (Wildman–Crippen MR) is 61.7 cm³/mol. The summed E-state index contributed by atoms with van der Waals surface area (Å²) in [6, 6.07) is 0.0609. The lowest BCUT2D eigenvalue weighted by atomic mass is 10.1. The van der Waals surface area contributed by atoms with Crippen molar-refractivity contribution in [2.75, 3.05) is 18.6 Å². The summed E-state index contributed by atoms with van der Waals surface area (Å²) in [7, 11) is -1.04. The number of H-pyrrole nitrogens is 1. The molecule has 1 aromatic heterocycles. The lowest BCUT2D eigenvalue weighted by Gasteiger charge is -2.12. The van der Waals surface area contributed by atoms with E-state index < -0.39 is 9.84 Å². The first-order valence-electron chi connectivity index (χ1n) is 5.32. The molecule has 0 saturated heterocycles. The van der Waals surface area contributed by atoms with Crippen LogP contribution in [-0.2, 0) is 9.84 Å². The van der Waals surface area contributed by atoms with E-state index in [1.165, 1.54) is 0 Å². The third-order valence-corrected chi connectivity index (χ3v) is 4.32. The molecule has 2 N–H and O–H groups in total. The highest BCUT2D eigenvalue weighted by Gasteiger charge is 2.14. The van der Waals surface area contributed by atoms with Crippen LogP contribution in [0.1, 0.15) is 31.5 Å². The molecule has 0 aliphatic heterocycles. The number of aromatic amines is 1. The van der Waals surface area contributed by atoms with Gasteiger partial charge in [0, 0.05) is 5.75 Å². The highest BCUT2D eigenvalue weighted by atomic mass is 32.2. The third kappa shape index (κ3) is 3.90. The van der Waals surface area contributed by atoms with Crippen LogP contribution in [0.4, 0.5) is 0 Å². The molecule has 0 saturated carbocycles. The molecule has 0 fully saturated rings. The average molecular weight is 246 g/mol. The Morgan fingerprint density at radius 3 is 2.81 bits per heavy atom. The van der Waals surface area contributed by atoms with Crippen molar-refractivity contribution >= 4 is 9.84 Å². The molecule has 16 heavy (non-hydrogen) atoms. The Hall–Kier alpha value is -0.950. The molecule has 0 radical (unpaired) electrons. The van der Waals surface area contributed by atoms with Crippen LogP contribution in [0, 0.1) is 0 Å². The summed E-state index contributed by atoms with van der Waals surface area (Å²) >= 11 is 0. The molecule has 0 spiro atoms. The van der Waals surface area contributed by atoms with Gasteiger partial charge in [-0.15, -0.1) is 0 Å². The lowest BCUT2D eigenvalue weighted by molar-refractivity contribution is 0.523. The molecule has 92 valence electrons. The monoisotopic (exact) mass is 246 g/mol.